The van der Waals surface area contributed by atoms with Gasteiger partial charge < -0.3 is 4.90 Å². The van der Waals surface area contributed by atoms with E-state index in [4.69, 9.17) is 0 Å². The summed E-state index contributed by atoms with van der Waals surface area (Å²) in [6.45, 7) is 0. The Balaban J connectivity index is 1.31. The summed E-state index contributed by atoms with van der Waals surface area (Å²) < 4.78 is 0. The van der Waals surface area contributed by atoms with Gasteiger partial charge in [-0.25, -0.2) is 0 Å². The van der Waals surface area contributed by atoms with E-state index in [0.29, 0.717) is 0 Å². The van der Waals surface area contributed by atoms with Gasteiger partial charge in [0.15, 0.2) is 0 Å². The predicted octanol–water partition coefficient (Wildman–Crippen LogP) is 12.9. The number of fused-ring (bicyclic) bond motifs is 3. The molecule has 0 saturated carbocycles. The van der Waals surface area contributed by atoms with Crippen molar-refractivity contribution in [1.82, 2.24) is 0 Å². The van der Waals surface area contributed by atoms with Gasteiger partial charge in [0.05, 0.1) is 5.41 Å². The minimum absolute atomic E-state index is 0.478. The maximum Gasteiger partial charge on any atom is 0.0714 e. The molecule has 0 aliphatic heterocycles. The molecule has 0 spiro atoms. The molecular weight excluding hydrogens is 603 g/mol. The molecule has 8 aromatic carbocycles. The van der Waals surface area contributed by atoms with E-state index in [1.165, 1.54) is 55.6 Å². The highest BCUT2D eigenvalue weighted by molar-refractivity contribution is 5.90. The van der Waals surface area contributed by atoms with E-state index in [9.17, 15) is 0 Å². The molecule has 0 atom stereocenters. The van der Waals surface area contributed by atoms with Gasteiger partial charge >= 0.3 is 0 Å². The number of hydrogen-bond acceptors (Lipinski definition) is 1. The molecule has 8 aromatic rings. The molecular formula is C49H35N. The smallest absolute Gasteiger partial charge is 0.0714 e. The third-order valence-corrected chi connectivity index (χ3v) is 10.1. The van der Waals surface area contributed by atoms with Crippen LogP contribution < -0.4 is 4.90 Å². The van der Waals surface area contributed by atoms with Crippen LogP contribution >= 0.6 is 0 Å². The van der Waals surface area contributed by atoms with Gasteiger partial charge in [-0.05, 0) is 92.0 Å². The fraction of sp³-hybridized carbons (Fsp3) is 0.0204. The SMILES string of the molecule is c1ccc(-c2cccc(N(c3cccc(-c4ccccc4)c3)c3ccc4c(c3)C(c3ccccc3)(c3ccccc3)c3ccccc3-4)c2)cc1. The second-order valence-corrected chi connectivity index (χ2v) is 12.9. The lowest BCUT2D eigenvalue weighted by atomic mass is 9.67. The first kappa shape index (κ1) is 29.7. The van der Waals surface area contributed by atoms with E-state index in [0.717, 1.165) is 17.1 Å². The van der Waals surface area contributed by atoms with E-state index in [-0.39, 0.29) is 0 Å². The van der Waals surface area contributed by atoms with E-state index in [1.807, 2.05) is 0 Å². The number of hydrogen-bond donors (Lipinski definition) is 0. The van der Waals surface area contributed by atoms with Gasteiger partial charge in [-0.3, -0.25) is 0 Å². The monoisotopic (exact) mass is 637 g/mol. The third kappa shape index (κ3) is 4.95. The summed E-state index contributed by atoms with van der Waals surface area (Å²) in [5.74, 6) is 0. The topological polar surface area (TPSA) is 3.24 Å². The van der Waals surface area contributed by atoms with Crippen molar-refractivity contribution in [3.63, 3.8) is 0 Å². The van der Waals surface area contributed by atoms with Gasteiger partial charge in [0, 0.05) is 17.1 Å². The highest BCUT2D eigenvalue weighted by Gasteiger charge is 2.46. The molecule has 1 aliphatic carbocycles. The van der Waals surface area contributed by atoms with Crippen molar-refractivity contribution in [3.05, 3.63) is 235 Å². The summed E-state index contributed by atoms with van der Waals surface area (Å²) >= 11 is 0. The van der Waals surface area contributed by atoms with Crippen molar-refractivity contribution in [1.29, 1.82) is 0 Å². The summed E-state index contributed by atoms with van der Waals surface area (Å²) in [4.78, 5) is 2.42. The first-order valence-electron chi connectivity index (χ1n) is 17.3. The fourth-order valence-corrected chi connectivity index (χ4v) is 7.93. The van der Waals surface area contributed by atoms with E-state index < -0.39 is 5.41 Å². The molecule has 1 heteroatoms. The van der Waals surface area contributed by atoms with Gasteiger partial charge in [-0.1, -0.05) is 176 Å². The molecule has 0 fully saturated rings. The van der Waals surface area contributed by atoms with Crippen LogP contribution in [0.3, 0.4) is 0 Å². The van der Waals surface area contributed by atoms with Gasteiger partial charge in [0.2, 0.25) is 0 Å². The van der Waals surface area contributed by atoms with Crippen molar-refractivity contribution >= 4 is 17.1 Å². The molecule has 1 aliphatic rings. The lowest BCUT2D eigenvalue weighted by Crippen LogP contribution is -2.28. The van der Waals surface area contributed by atoms with Crippen LogP contribution in [-0.2, 0) is 5.41 Å². The van der Waals surface area contributed by atoms with Crippen LogP contribution in [0.25, 0.3) is 33.4 Å². The largest absolute Gasteiger partial charge is 0.310 e. The van der Waals surface area contributed by atoms with Crippen LogP contribution in [-0.4, -0.2) is 0 Å². The fourth-order valence-electron chi connectivity index (χ4n) is 7.93. The van der Waals surface area contributed by atoms with Crippen molar-refractivity contribution in [2.75, 3.05) is 4.90 Å². The number of anilines is 3. The highest BCUT2D eigenvalue weighted by Crippen LogP contribution is 2.57. The third-order valence-electron chi connectivity index (χ3n) is 10.1. The molecule has 1 nitrogen and oxygen atoms in total. The molecule has 9 rings (SSSR count). The Morgan fingerprint density at radius 3 is 1.24 bits per heavy atom. The van der Waals surface area contributed by atoms with Gasteiger partial charge in [-0.15, -0.1) is 0 Å². The Bertz CT molecular complexity index is 2290. The van der Waals surface area contributed by atoms with Gasteiger partial charge in [-0.2, -0.15) is 0 Å². The summed E-state index contributed by atoms with van der Waals surface area (Å²) in [6.07, 6.45) is 0. The Morgan fingerprint density at radius 1 is 0.280 bits per heavy atom. The lowest BCUT2D eigenvalue weighted by molar-refractivity contribution is 0.768. The Labute approximate surface area is 294 Å². The van der Waals surface area contributed by atoms with Crippen LogP contribution in [0.15, 0.2) is 212 Å². The first-order valence-corrected chi connectivity index (χ1v) is 17.3. The predicted molar refractivity (Wildman–Crippen MR) is 209 cm³/mol. The average Bonchev–Trinajstić information content (AvgIpc) is 3.50. The maximum absolute atomic E-state index is 2.44. The highest BCUT2D eigenvalue weighted by atomic mass is 15.1. The van der Waals surface area contributed by atoms with E-state index >= 15 is 0 Å². The molecule has 0 amide bonds. The Hall–Kier alpha value is -6.44. The summed E-state index contributed by atoms with van der Waals surface area (Å²) in [7, 11) is 0. The minimum Gasteiger partial charge on any atom is -0.310 e. The Kier molecular flexibility index (Phi) is 7.44. The van der Waals surface area contributed by atoms with E-state index in [2.05, 4.69) is 217 Å². The normalized spacial score (nSPS) is 12.6. The minimum atomic E-state index is -0.478. The maximum atomic E-state index is 2.44. The van der Waals surface area contributed by atoms with Crippen molar-refractivity contribution < 1.29 is 0 Å². The second-order valence-electron chi connectivity index (χ2n) is 12.9. The van der Waals surface area contributed by atoms with Crippen LogP contribution in [0.1, 0.15) is 22.3 Å². The van der Waals surface area contributed by atoms with Crippen molar-refractivity contribution in [2.45, 2.75) is 5.41 Å². The number of benzene rings is 8. The zero-order valence-corrected chi connectivity index (χ0v) is 27.7. The molecule has 0 saturated heterocycles. The molecule has 0 bridgehead atoms. The molecule has 236 valence electrons. The number of nitrogens with zero attached hydrogens (tertiary/aromatic N) is 1. The van der Waals surface area contributed by atoms with Crippen LogP contribution in [0, 0.1) is 0 Å². The second kappa shape index (κ2) is 12.5. The van der Waals surface area contributed by atoms with Crippen LogP contribution in [0.5, 0.6) is 0 Å². The lowest BCUT2D eigenvalue weighted by Gasteiger charge is -2.35. The summed E-state index contributed by atoms with van der Waals surface area (Å²) in [6, 6.07) is 77.2. The molecule has 0 heterocycles. The van der Waals surface area contributed by atoms with Gasteiger partial charge in [0.25, 0.3) is 0 Å². The van der Waals surface area contributed by atoms with Crippen LogP contribution in [0.2, 0.25) is 0 Å². The molecule has 0 aromatic heterocycles. The average molecular weight is 638 g/mol. The zero-order valence-electron chi connectivity index (χ0n) is 27.7. The number of rotatable bonds is 7. The van der Waals surface area contributed by atoms with Gasteiger partial charge in [0.1, 0.15) is 0 Å². The zero-order chi connectivity index (χ0) is 33.3. The first-order chi connectivity index (χ1) is 24.8. The molecule has 0 N–H and O–H groups in total. The van der Waals surface area contributed by atoms with E-state index in [1.54, 1.807) is 0 Å². The van der Waals surface area contributed by atoms with Crippen LogP contribution in [0.4, 0.5) is 17.1 Å². The quantitative estimate of drug-likeness (QED) is 0.168. The summed E-state index contributed by atoms with van der Waals surface area (Å²) in [5, 5.41) is 0. The Morgan fingerprint density at radius 2 is 0.700 bits per heavy atom. The molecule has 0 radical (unpaired) electrons. The van der Waals surface area contributed by atoms with Crippen molar-refractivity contribution in [3.8, 4) is 33.4 Å². The molecule has 50 heavy (non-hydrogen) atoms. The van der Waals surface area contributed by atoms with Crippen molar-refractivity contribution in [2.24, 2.45) is 0 Å². The summed E-state index contributed by atoms with van der Waals surface area (Å²) in [5.41, 5.74) is 15.3. The standard InChI is InChI=1S/C49H35N/c1-5-17-36(18-6-1)38-21-15-27-42(33-38)50(43-28-16-22-39(34-43)37-19-7-2-8-20-37)44-31-32-46-45-29-13-14-30-47(45)49(48(46)35-44,40-23-9-3-10-24-40)41-25-11-4-12-26-41/h1-35H. The molecule has 0 unspecified atom stereocenters.